The van der Waals surface area contributed by atoms with Crippen molar-refractivity contribution < 1.29 is 4.39 Å². The average molecular weight is 216 g/mol. The van der Waals surface area contributed by atoms with Gasteiger partial charge < -0.3 is 5.73 Å². The van der Waals surface area contributed by atoms with Crippen molar-refractivity contribution in [3.8, 4) is 0 Å². The van der Waals surface area contributed by atoms with Gasteiger partial charge in [-0.2, -0.15) is 0 Å². The minimum absolute atomic E-state index is 0. The number of hydrogen-bond donors (Lipinski definition) is 1. The topological polar surface area (TPSA) is 26.0 Å². The predicted molar refractivity (Wildman–Crippen MR) is 60.0 cm³/mol. The van der Waals surface area contributed by atoms with Crippen molar-refractivity contribution in [2.75, 3.05) is 0 Å². The fourth-order valence-corrected chi connectivity index (χ4v) is 1.17. The highest BCUT2D eigenvalue weighted by atomic mass is 35.5. The second-order valence-electron chi connectivity index (χ2n) is 3.02. The molecule has 14 heavy (non-hydrogen) atoms. The second kappa shape index (κ2) is 6.57. The number of rotatable bonds is 4. The van der Waals surface area contributed by atoms with E-state index in [-0.39, 0.29) is 24.3 Å². The second-order valence-corrected chi connectivity index (χ2v) is 3.02. The van der Waals surface area contributed by atoms with Crippen LogP contribution in [0.2, 0.25) is 0 Å². The van der Waals surface area contributed by atoms with E-state index in [1.807, 2.05) is 6.08 Å². The molecule has 0 unspecified atom stereocenters. The Morgan fingerprint density at radius 2 is 1.93 bits per heavy atom. The molecule has 0 bridgehead atoms. The summed E-state index contributed by atoms with van der Waals surface area (Å²) in [5.41, 5.74) is 6.84. The van der Waals surface area contributed by atoms with Gasteiger partial charge in [0.25, 0.3) is 0 Å². The molecule has 0 heterocycles. The van der Waals surface area contributed by atoms with Gasteiger partial charge in [-0.05, 0) is 30.5 Å². The van der Waals surface area contributed by atoms with Gasteiger partial charge in [0, 0.05) is 6.04 Å². The maximum atomic E-state index is 12.5. The van der Waals surface area contributed by atoms with E-state index in [9.17, 15) is 4.39 Å². The standard InChI is InChI=1S/C11H14FN.ClH/c1-2-3-4-11(13)9-5-7-10(12)8-6-9;/h2,5-8,11H,1,3-4,13H2;1H/t11-;/m0./s1. The van der Waals surface area contributed by atoms with Gasteiger partial charge in [-0.3, -0.25) is 0 Å². The number of nitrogens with two attached hydrogens (primary N) is 1. The van der Waals surface area contributed by atoms with Crippen molar-refractivity contribution >= 4 is 12.4 Å². The van der Waals surface area contributed by atoms with Crippen molar-refractivity contribution in [2.45, 2.75) is 18.9 Å². The highest BCUT2D eigenvalue weighted by molar-refractivity contribution is 5.85. The van der Waals surface area contributed by atoms with E-state index in [4.69, 9.17) is 5.73 Å². The quantitative estimate of drug-likeness (QED) is 0.767. The molecule has 0 radical (unpaired) electrons. The summed E-state index contributed by atoms with van der Waals surface area (Å²) >= 11 is 0. The van der Waals surface area contributed by atoms with Crippen LogP contribution < -0.4 is 5.73 Å². The Morgan fingerprint density at radius 1 is 1.36 bits per heavy atom. The first-order valence-electron chi connectivity index (χ1n) is 4.36. The molecule has 0 saturated heterocycles. The lowest BCUT2D eigenvalue weighted by molar-refractivity contribution is 0.620. The van der Waals surface area contributed by atoms with Gasteiger partial charge in [0.15, 0.2) is 0 Å². The van der Waals surface area contributed by atoms with Crippen LogP contribution in [0.3, 0.4) is 0 Å². The monoisotopic (exact) mass is 215 g/mol. The molecule has 0 amide bonds. The van der Waals surface area contributed by atoms with Gasteiger partial charge in [0.05, 0.1) is 0 Å². The fraction of sp³-hybridized carbons (Fsp3) is 0.273. The summed E-state index contributed by atoms with van der Waals surface area (Å²) in [5, 5.41) is 0. The molecule has 78 valence electrons. The van der Waals surface area contributed by atoms with E-state index in [0.717, 1.165) is 18.4 Å². The molecule has 0 saturated carbocycles. The molecule has 0 spiro atoms. The van der Waals surface area contributed by atoms with Crippen LogP contribution >= 0.6 is 12.4 Å². The zero-order valence-electron chi connectivity index (χ0n) is 7.95. The molecule has 2 N–H and O–H groups in total. The van der Waals surface area contributed by atoms with Crippen molar-refractivity contribution in [3.63, 3.8) is 0 Å². The van der Waals surface area contributed by atoms with E-state index >= 15 is 0 Å². The predicted octanol–water partition coefficient (Wildman–Crippen LogP) is 3.21. The summed E-state index contributed by atoms with van der Waals surface area (Å²) in [5.74, 6) is -0.223. The lowest BCUT2D eigenvalue weighted by Crippen LogP contribution is -2.09. The largest absolute Gasteiger partial charge is 0.324 e. The van der Waals surface area contributed by atoms with Crippen LogP contribution in [0.5, 0.6) is 0 Å². The Bertz CT molecular complexity index is 271. The summed E-state index contributed by atoms with van der Waals surface area (Å²) in [4.78, 5) is 0. The van der Waals surface area contributed by atoms with Crippen molar-refractivity contribution in [2.24, 2.45) is 5.73 Å². The Balaban J connectivity index is 0.00000169. The van der Waals surface area contributed by atoms with E-state index in [1.165, 1.54) is 12.1 Å². The van der Waals surface area contributed by atoms with E-state index in [1.54, 1.807) is 12.1 Å². The molecule has 0 aliphatic rings. The third-order valence-corrected chi connectivity index (χ3v) is 1.98. The molecular formula is C11H15ClFN. The van der Waals surface area contributed by atoms with E-state index in [0.29, 0.717) is 0 Å². The SMILES string of the molecule is C=CCC[C@H](N)c1ccc(F)cc1.Cl. The zero-order chi connectivity index (χ0) is 9.68. The van der Waals surface area contributed by atoms with Gasteiger partial charge >= 0.3 is 0 Å². The Kier molecular flexibility index (Phi) is 6.17. The molecule has 1 aromatic rings. The number of hydrogen-bond acceptors (Lipinski definition) is 1. The van der Waals surface area contributed by atoms with Crippen LogP contribution in [0.15, 0.2) is 36.9 Å². The first-order valence-corrected chi connectivity index (χ1v) is 4.36. The molecule has 0 aliphatic heterocycles. The first kappa shape index (κ1) is 13.1. The summed E-state index contributed by atoms with van der Waals surface area (Å²) in [6.07, 6.45) is 3.58. The molecule has 0 aromatic heterocycles. The lowest BCUT2D eigenvalue weighted by atomic mass is 10.0. The van der Waals surface area contributed by atoms with Gasteiger partial charge in [0.2, 0.25) is 0 Å². The van der Waals surface area contributed by atoms with Gasteiger partial charge in [-0.1, -0.05) is 18.2 Å². The van der Waals surface area contributed by atoms with E-state index < -0.39 is 0 Å². The smallest absolute Gasteiger partial charge is 0.123 e. The van der Waals surface area contributed by atoms with Crippen LogP contribution in [0.4, 0.5) is 4.39 Å². The van der Waals surface area contributed by atoms with Gasteiger partial charge in [-0.15, -0.1) is 19.0 Å². The first-order chi connectivity index (χ1) is 6.24. The minimum Gasteiger partial charge on any atom is -0.324 e. The molecule has 0 fully saturated rings. The highest BCUT2D eigenvalue weighted by Crippen LogP contribution is 2.15. The van der Waals surface area contributed by atoms with Crippen LogP contribution in [0, 0.1) is 5.82 Å². The molecule has 3 heteroatoms. The van der Waals surface area contributed by atoms with Crippen LogP contribution in [0.25, 0.3) is 0 Å². The molecule has 1 nitrogen and oxygen atoms in total. The fourth-order valence-electron chi connectivity index (χ4n) is 1.17. The Morgan fingerprint density at radius 3 is 2.43 bits per heavy atom. The molecular weight excluding hydrogens is 201 g/mol. The average Bonchev–Trinajstić information content (AvgIpc) is 2.15. The summed E-state index contributed by atoms with van der Waals surface area (Å²) in [6, 6.07) is 6.30. The number of allylic oxidation sites excluding steroid dienone is 1. The van der Waals surface area contributed by atoms with E-state index in [2.05, 4.69) is 6.58 Å². The number of halogens is 2. The summed E-state index contributed by atoms with van der Waals surface area (Å²) in [6.45, 7) is 3.62. The maximum absolute atomic E-state index is 12.5. The summed E-state index contributed by atoms with van der Waals surface area (Å²) < 4.78 is 12.5. The minimum atomic E-state index is -0.223. The van der Waals surface area contributed by atoms with Gasteiger partial charge in [-0.25, -0.2) is 4.39 Å². The normalized spacial score (nSPS) is 11.6. The van der Waals surface area contributed by atoms with Crippen molar-refractivity contribution in [1.29, 1.82) is 0 Å². The van der Waals surface area contributed by atoms with Crippen LogP contribution in [0.1, 0.15) is 24.4 Å². The Labute approximate surface area is 90.2 Å². The number of benzene rings is 1. The maximum Gasteiger partial charge on any atom is 0.123 e. The molecule has 0 aliphatic carbocycles. The lowest BCUT2D eigenvalue weighted by Gasteiger charge is -2.09. The molecule has 1 rings (SSSR count). The third-order valence-electron chi connectivity index (χ3n) is 1.98. The third kappa shape index (κ3) is 3.90. The van der Waals surface area contributed by atoms with Crippen molar-refractivity contribution in [3.05, 3.63) is 48.3 Å². The zero-order valence-corrected chi connectivity index (χ0v) is 8.77. The van der Waals surface area contributed by atoms with Crippen molar-refractivity contribution in [1.82, 2.24) is 0 Å². The molecule has 1 aromatic carbocycles. The van der Waals surface area contributed by atoms with Crippen LogP contribution in [-0.4, -0.2) is 0 Å². The van der Waals surface area contributed by atoms with Gasteiger partial charge in [0.1, 0.15) is 5.82 Å². The van der Waals surface area contributed by atoms with Crippen LogP contribution in [-0.2, 0) is 0 Å². The highest BCUT2D eigenvalue weighted by Gasteiger charge is 2.03. The Hall–Kier alpha value is -0.860. The summed E-state index contributed by atoms with van der Waals surface area (Å²) in [7, 11) is 0. The molecule has 1 atom stereocenters.